The first-order chi connectivity index (χ1) is 33.6. The first-order valence-electron chi connectivity index (χ1n) is 25.0. The number of benzene rings is 9. The van der Waals surface area contributed by atoms with E-state index < -0.39 is 0 Å². The molecule has 2 heterocycles. The van der Waals surface area contributed by atoms with Crippen LogP contribution in [0, 0.1) is 27.7 Å². The van der Waals surface area contributed by atoms with Crippen molar-refractivity contribution in [3.63, 3.8) is 0 Å². The van der Waals surface area contributed by atoms with Gasteiger partial charge in [-0.2, -0.15) is 0 Å². The topological polar surface area (TPSA) is 29.5 Å². The Hall–Kier alpha value is -7.62. The summed E-state index contributed by atoms with van der Waals surface area (Å²) < 4.78 is 13.9. The molecule has 70 heavy (non-hydrogen) atoms. The fraction of sp³-hybridized carbons (Fsp3) is 0.194. The van der Waals surface area contributed by atoms with Gasteiger partial charge < -0.3 is 13.7 Å². The van der Waals surface area contributed by atoms with Crippen molar-refractivity contribution >= 4 is 60.9 Å². The zero-order valence-electron chi connectivity index (χ0n) is 41.7. The second kappa shape index (κ2) is 13.8. The maximum Gasteiger partial charge on any atom is 0.144 e. The number of aryl methyl sites for hydroxylation is 4. The number of hydrogen-bond acceptors (Lipinski definition) is 3. The van der Waals surface area contributed by atoms with Crippen LogP contribution in [0.5, 0.6) is 0 Å². The van der Waals surface area contributed by atoms with E-state index in [1.165, 1.54) is 116 Å². The lowest BCUT2D eigenvalue weighted by Crippen LogP contribution is -2.24. The molecule has 0 atom stereocenters. The van der Waals surface area contributed by atoms with E-state index in [1.54, 1.807) is 0 Å². The smallest absolute Gasteiger partial charge is 0.144 e. The molecule has 0 unspecified atom stereocenters. The Morgan fingerprint density at radius 3 is 1.56 bits per heavy atom. The Morgan fingerprint density at radius 1 is 0.386 bits per heavy atom. The lowest BCUT2D eigenvalue weighted by molar-refractivity contribution is 0.600. The highest BCUT2D eigenvalue weighted by molar-refractivity contribution is 6.21. The van der Waals surface area contributed by atoms with Crippen molar-refractivity contribution in [1.82, 2.24) is 0 Å². The van der Waals surface area contributed by atoms with Crippen LogP contribution in [0.1, 0.15) is 97.2 Å². The van der Waals surface area contributed by atoms with Crippen LogP contribution in [0.2, 0.25) is 0 Å². The molecule has 2 aromatic heterocycles. The van der Waals surface area contributed by atoms with Gasteiger partial charge in [-0.05, 0) is 148 Å². The molecule has 11 aromatic rings. The van der Waals surface area contributed by atoms with Gasteiger partial charge in [0.05, 0.1) is 5.69 Å². The molecule has 0 saturated carbocycles. The normalized spacial score (nSPS) is 15.3. The molecule has 14 rings (SSSR count). The molecule has 0 amide bonds. The zero-order valence-corrected chi connectivity index (χ0v) is 41.7. The summed E-state index contributed by atoms with van der Waals surface area (Å²) in [6.07, 6.45) is 0. The third-order valence-electron chi connectivity index (χ3n) is 16.9. The summed E-state index contributed by atoms with van der Waals surface area (Å²) in [5.74, 6) is 0. The van der Waals surface area contributed by atoms with Crippen molar-refractivity contribution in [2.75, 3.05) is 4.90 Å². The van der Waals surface area contributed by atoms with E-state index in [0.717, 1.165) is 44.7 Å². The SMILES string of the molecule is Cc1cc(C)cc(-c2cc3c(c4c2oc2ccccc24)-c2ccc(N(c4ccc5c(c4)C(C)(C)c4c6c(c7oc8ccccc8c7c4-5)-c4ccccc4C6(C)C)c4c(C)cccc4C)cc2C3(C)C)c1. The first kappa shape index (κ1) is 41.4. The number of anilines is 3. The third-order valence-corrected chi connectivity index (χ3v) is 16.9. The van der Waals surface area contributed by atoms with Gasteiger partial charge in [0.15, 0.2) is 0 Å². The number of furan rings is 2. The van der Waals surface area contributed by atoms with Crippen molar-refractivity contribution in [2.45, 2.75) is 85.5 Å². The van der Waals surface area contributed by atoms with Crippen LogP contribution in [0.15, 0.2) is 160 Å². The summed E-state index contributed by atoms with van der Waals surface area (Å²) in [7, 11) is 0. The molecule has 3 heteroatoms. The number of para-hydroxylation sites is 3. The molecule has 0 saturated heterocycles. The minimum absolute atomic E-state index is 0.224. The summed E-state index contributed by atoms with van der Waals surface area (Å²) in [5.41, 5.74) is 29.6. The lowest BCUT2D eigenvalue weighted by atomic mass is 9.72. The minimum Gasteiger partial charge on any atom is -0.455 e. The second-order valence-corrected chi connectivity index (χ2v) is 22.3. The van der Waals surface area contributed by atoms with Gasteiger partial charge >= 0.3 is 0 Å². The summed E-state index contributed by atoms with van der Waals surface area (Å²) in [4.78, 5) is 2.54. The molecule has 3 nitrogen and oxygen atoms in total. The van der Waals surface area contributed by atoms with Gasteiger partial charge in [0.25, 0.3) is 0 Å². The first-order valence-corrected chi connectivity index (χ1v) is 25.0. The molecular weight excluding hydrogens is 851 g/mol. The number of rotatable bonds is 4. The van der Waals surface area contributed by atoms with Crippen molar-refractivity contribution in [2.24, 2.45) is 0 Å². The predicted octanol–water partition coefficient (Wildman–Crippen LogP) is 18.8. The minimum atomic E-state index is -0.322. The Kier molecular flexibility index (Phi) is 8.15. The van der Waals surface area contributed by atoms with Crippen LogP contribution in [-0.2, 0) is 16.2 Å². The Morgan fingerprint density at radius 2 is 0.900 bits per heavy atom. The zero-order chi connectivity index (χ0) is 47.9. The lowest BCUT2D eigenvalue weighted by Gasteiger charge is -2.32. The van der Waals surface area contributed by atoms with Crippen LogP contribution in [0.4, 0.5) is 17.1 Å². The Balaban J connectivity index is 0.998. The summed E-state index contributed by atoms with van der Waals surface area (Å²) in [5, 5.41) is 4.76. The van der Waals surface area contributed by atoms with E-state index in [4.69, 9.17) is 8.83 Å². The highest BCUT2D eigenvalue weighted by atomic mass is 16.3. The highest BCUT2D eigenvalue weighted by Crippen LogP contribution is 2.64. The summed E-state index contributed by atoms with van der Waals surface area (Å²) >= 11 is 0. The second-order valence-electron chi connectivity index (χ2n) is 22.3. The molecule has 0 spiro atoms. The largest absolute Gasteiger partial charge is 0.455 e. The quantitative estimate of drug-likeness (QED) is 0.176. The van der Waals surface area contributed by atoms with Gasteiger partial charge in [-0.25, -0.2) is 0 Å². The van der Waals surface area contributed by atoms with Crippen molar-refractivity contribution < 1.29 is 8.83 Å². The fourth-order valence-electron chi connectivity index (χ4n) is 13.8. The van der Waals surface area contributed by atoms with Crippen molar-refractivity contribution in [3.8, 4) is 44.5 Å². The Bertz CT molecular complexity index is 4110. The van der Waals surface area contributed by atoms with Gasteiger partial charge in [-0.3, -0.25) is 0 Å². The van der Waals surface area contributed by atoms with Crippen LogP contribution in [-0.4, -0.2) is 0 Å². The molecule has 3 aliphatic carbocycles. The summed E-state index contributed by atoms with van der Waals surface area (Å²) in [6, 6.07) is 56.8. The van der Waals surface area contributed by atoms with E-state index in [2.05, 4.69) is 226 Å². The molecule has 340 valence electrons. The number of hydrogen-bond donors (Lipinski definition) is 0. The van der Waals surface area contributed by atoms with E-state index in [1.807, 2.05) is 0 Å². The van der Waals surface area contributed by atoms with E-state index in [-0.39, 0.29) is 16.2 Å². The van der Waals surface area contributed by atoms with Gasteiger partial charge in [0, 0.05) is 60.3 Å². The van der Waals surface area contributed by atoms with Gasteiger partial charge in [-0.1, -0.05) is 162 Å². The van der Waals surface area contributed by atoms with Crippen LogP contribution in [0.25, 0.3) is 88.4 Å². The van der Waals surface area contributed by atoms with Crippen molar-refractivity contribution in [1.29, 1.82) is 0 Å². The Labute approximate surface area is 410 Å². The molecule has 0 fully saturated rings. The van der Waals surface area contributed by atoms with E-state index >= 15 is 0 Å². The monoisotopic (exact) mass is 905 g/mol. The third kappa shape index (κ3) is 5.25. The number of nitrogens with zero attached hydrogens (tertiary/aromatic N) is 1. The fourth-order valence-corrected chi connectivity index (χ4v) is 13.8. The van der Waals surface area contributed by atoms with Crippen molar-refractivity contribution in [3.05, 3.63) is 207 Å². The molecule has 9 aromatic carbocycles. The van der Waals surface area contributed by atoms with Crippen LogP contribution in [0.3, 0.4) is 0 Å². The molecular formula is C67H55NO2. The molecule has 0 bridgehead atoms. The van der Waals surface area contributed by atoms with E-state index in [9.17, 15) is 0 Å². The highest BCUT2D eigenvalue weighted by Gasteiger charge is 2.49. The standard InChI is InChI=1S/C67H55NO2/c1-36-30-37(2)32-40(31-36)48-35-52-55(57-46-21-12-15-24-53(46)69-63(48)57)44-28-26-41(33-50(44)65(52,5)6)68(62-38(3)18-17-19-39(62)4)42-27-29-45-51(34-42)67(9,10)60-56(45)58-47-22-13-16-25-54(47)70-64(58)59-43-20-11-14-23-49(43)66(7,8)61(59)60/h11-35H,1-10H3. The average molecular weight is 906 g/mol. The van der Waals surface area contributed by atoms with Crippen LogP contribution < -0.4 is 4.90 Å². The maximum absolute atomic E-state index is 7.00. The van der Waals surface area contributed by atoms with E-state index in [0.29, 0.717) is 0 Å². The molecule has 0 radical (unpaired) electrons. The average Bonchev–Trinajstić information content (AvgIpc) is 4.09. The van der Waals surface area contributed by atoms with Gasteiger partial charge in [-0.15, -0.1) is 0 Å². The number of fused-ring (bicyclic) bond motifs is 19. The predicted molar refractivity (Wildman–Crippen MR) is 293 cm³/mol. The molecule has 3 aliphatic rings. The van der Waals surface area contributed by atoms with Gasteiger partial charge in [0.2, 0.25) is 0 Å². The van der Waals surface area contributed by atoms with Gasteiger partial charge in [0.1, 0.15) is 22.3 Å². The summed E-state index contributed by atoms with van der Waals surface area (Å²) in [6.45, 7) is 23.5. The van der Waals surface area contributed by atoms with Crippen LogP contribution >= 0.6 is 0 Å². The maximum atomic E-state index is 7.00. The molecule has 0 N–H and O–H groups in total. The molecule has 0 aliphatic heterocycles.